The number of hydrogen-bond donors (Lipinski definition) is 1. The highest BCUT2D eigenvalue weighted by atomic mass is 16.5. The lowest BCUT2D eigenvalue weighted by Crippen LogP contribution is -2.45. The van der Waals surface area contributed by atoms with Gasteiger partial charge in [0.2, 0.25) is 0 Å². The summed E-state index contributed by atoms with van der Waals surface area (Å²) in [5, 5.41) is 1.96. The van der Waals surface area contributed by atoms with Crippen LogP contribution in [0.25, 0.3) is 0 Å². The average Bonchev–Trinajstić information content (AvgIpc) is 2.90. The number of carbonyl (C=O) groups excluding carboxylic acids is 1. The summed E-state index contributed by atoms with van der Waals surface area (Å²) in [5.74, 6) is -0.0622. The van der Waals surface area contributed by atoms with Crippen molar-refractivity contribution in [2.24, 2.45) is 0 Å². The molecule has 0 aliphatic carbocycles. The molecule has 0 aromatic heterocycles. The lowest BCUT2D eigenvalue weighted by atomic mass is 10.2. The number of hydrazine groups is 1. The van der Waals surface area contributed by atoms with E-state index in [1.54, 1.807) is 6.92 Å². The van der Waals surface area contributed by atoms with E-state index in [1.165, 1.54) is 0 Å². The van der Waals surface area contributed by atoms with Gasteiger partial charge in [0, 0.05) is 13.1 Å². The largest absolute Gasteiger partial charge is 0.364 e. The molecule has 1 aromatic rings. The molecule has 1 amide bonds. The van der Waals surface area contributed by atoms with Crippen molar-refractivity contribution in [1.29, 1.82) is 0 Å². The summed E-state index contributed by atoms with van der Waals surface area (Å²) in [7, 11) is 0. The summed E-state index contributed by atoms with van der Waals surface area (Å²) in [5.41, 5.74) is 3.97. The van der Waals surface area contributed by atoms with Gasteiger partial charge in [-0.15, -0.1) is 0 Å². The standard InChI is InChI=1S/C14H20N2O2/c1-12(14(17)15-16-9-5-6-10-16)18-11-13-7-3-2-4-8-13/h2-4,7-8,12H,5-6,9-11H2,1H3,(H,15,17). The molecule has 1 atom stereocenters. The van der Waals surface area contributed by atoms with Crippen molar-refractivity contribution in [3.63, 3.8) is 0 Å². The van der Waals surface area contributed by atoms with Gasteiger partial charge in [0.25, 0.3) is 5.91 Å². The zero-order valence-corrected chi connectivity index (χ0v) is 10.8. The first-order valence-electron chi connectivity index (χ1n) is 6.46. The van der Waals surface area contributed by atoms with Crippen LogP contribution in [0.3, 0.4) is 0 Å². The Kier molecular flexibility index (Phi) is 4.73. The summed E-state index contributed by atoms with van der Waals surface area (Å²) in [4.78, 5) is 11.8. The van der Waals surface area contributed by atoms with Crippen LogP contribution >= 0.6 is 0 Å². The third-order valence-electron chi connectivity index (χ3n) is 3.09. The number of nitrogens with one attached hydrogen (secondary N) is 1. The van der Waals surface area contributed by atoms with E-state index >= 15 is 0 Å². The molecule has 2 rings (SSSR count). The van der Waals surface area contributed by atoms with Crippen molar-refractivity contribution < 1.29 is 9.53 Å². The maximum Gasteiger partial charge on any atom is 0.263 e. The van der Waals surface area contributed by atoms with Gasteiger partial charge >= 0.3 is 0 Å². The van der Waals surface area contributed by atoms with Crippen LogP contribution in [-0.4, -0.2) is 30.1 Å². The second-order valence-electron chi connectivity index (χ2n) is 4.61. The molecule has 1 N–H and O–H groups in total. The van der Waals surface area contributed by atoms with Gasteiger partial charge in [-0.3, -0.25) is 10.2 Å². The number of nitrogens with zero attached hydrogens (tertiary/aromatic N) is 1. The summed E-state index contributed by atoms with van der Waals surface area (Å²) < 4.78 is 5.56. The highest BCUT2D eigenvalue weighted by Crippen LogP contribution is 2.06. The minimum atomic E-state index is -0.425. The fourth-order valence-electron chi connectivity index (χ4n) is 1.95. The summed E-state index contributed by atoms with van der Waals surface area (Å²) in [6.45, 7) is 4.14. The quantitative estimate of drug-likeness (QED) is 0.862. The van der Waals surface area contributed by atoms with Gasteiger partial charge in [-0.25, -0.2) is 5.01 Å². The van der Waals surface area contributed by atoms with Crippen LogP contribution in [0.1, 0.15) is 25.3 Å². The monoisotopic (exact) mass is 248 g/mol. The highest BCUT2D eigenvalue weighted by molar-refractivity contribution is 5.79. The minimum Gasteiger partial charge on any atom is -0.364 e. The Morgan fingerprint density at radius 1 is 1.33 bits per heavy atom. The third kappa shape index (κ3) is 3.82. The molecule has 4 heteroatoms. The Balaban J connectivity index is 1.73. The van der Waals surface area contributed by atoms with Gasteiger partial charge in [0.15, 0.2) is 0 Å². The van der Waals surface area contributed by atoms with Crippen LogP contribution in [0.4, 0.5) is 0 Å². The van der Waals surface area contributed by atoms with Crippen molar-refractivity contribution in [2.45, 2.75) is 32.5 Å². The van der Waals surface area contributed by atoms with Crippen LogP contribution in [0.5, 0.6) is 0 Å². The molecule has 1 aliphatic rings. The first-order valence-corrected chi connectivity index (χ1v) is 6.46. The van der Waals surface area contributed by atoms with Crippen LogP contribution < -0.4 is 5.43 Å². The number of rotatable bonds is 5. The Hall–Kier alpha value is -1.39. The molecule has 1 fully saturated rings. The van der Waals surface area contributed by atoms with Crippen molar-refractivity contribution in [3.8, 4) is 0 Å². The molecule has 98 valence electrons. The molecule has 1 unspecified atom stereocenters. The Bertz CT molecular complexity index is 375. The van der Waals surface area contributed by atoms with E-state index in [2.05, 4.69) is 5.43 Å². The zero-order chi connectivity index (χ0) is 12.8. The van der Waals surface area contributed by atoms with Gasteiger partial charge in [-0.1, -0.05) is 30.3 Å². The van der Waals surface area contributed by atoms with Crippen molar-refractivity contribution in [3.05, 3.63) is 35.9 Å². The topological polar surface area (TPSA) is 41.6 Å². The van der Waals surface area contributed by atoms with Crippen LogP contribution in [0.2, 0.25) is 0 Å². The molecule has 0 saturated carbocycles. The lowest BCUT2D eigenvalue weighted by Gasteiger charge is -2.19. The molecule has 0 bridgehead atoms. The second-order valence-corrected chi connectivity index (χ2v) is 4.61. The molecule has 1 saturated heterocycles. The smallest absolute Gasteiger partial charge is 0.263 e. The van der Waals surface area contributed by atoms with E-state index in [0.717, 1.165) is 31.5 Å². The molecule has 0 spiro atoms. The summed E-state index contributed by atoms with van der Waals surface area (Å²) >= 11 is 0. The maximum atomic E-state index is 11.8. The first kappa shape index (κ1) is 13.1. The highest BCUT2D eigenvalue weighted by Gasteiger charge is 2.18. The van der Waals surface area contributed by atoms with Gasteiger partial charge in [0.1, 0.15) is 6.10 Å². The third-order valence-corrected chi connectivity index (χ3v) is 3.09. The normalized spacial score (nSPS) is 17.6. The van der Waals surface area contributed by atoms with E-state index < -0.39 is 6.10 Å². The molecule has 1 aromatic carbocycles. The summed E-state index contributed by atoms with van der Waals surface area (Å²) in [6, 6.07) is 9.88. The Morgan fingerprint density at radius 3 is 2.67 bits per heavy atom. The Labute approximate surface area is 108 Å². The number of carbonyl (C=O) groups is 1. The van der Waals surface area contributed by atoms with Crippen LogP contribution in [-0.2, 0) is 16.1 Å². The van der Waals surface area contributed by atoms with Crippen LogP contribution in [0, 0.1) is 0 Å². The average molecular weight is 248 g/mol. The van der Waals surface area contributed by atoms with Gasteiger partial charge in [-0.05, 0) is 25.3 Å². The van der Waals surface area contributed by atoms with Crippen LogP contribution in [0.15, 0.2) is 30.3 Å². The Morgan fingerprint density at radius 2 is 2.00 bits per heavy atom. The van der Waals surface area contributed by atoms with E-state index in [0.29, 0.717) is 6.61 Å². The molecule has 0 radical (unpaired) electrons. The molecule has 1 aliphatic heterocycles. The van der Waals surface area contributed by atoms with Gasteiger partial charge in [0.05, 0.1) is 6.61 Å². The molecular formula is C14H20N2O2. The van der Waals surface area contributed by atoms with Crippen molar-refractivity contribution >= 4 is 5.91 Å². The number of benzene rings is 1. The number of hydrogen-bond acceptors (Lipinski definition) is 3. The maximum absolute atomic E-state index is 11.8. The zero-order valence-electron chi connectivity index (χ0n) is 10.8. The fraction of sp³-hybridized carbons (Fsp3) is 0.500. The summed E-state index contributed by atoms with van der Waals surface area (Å²) in [6.07, 6.45) is 1.88. The first-order chi connectivity index (χ1) is 8.75. The van der Waals surface area contributed by atoms with E-state index in [1.807, 2.05) is 35.3 Å². The molecule has 18 heavy (non-hydrogen) atoms. The van der Waals surface area contributed by atoms with E-state index in [9.17, 15) is 4.79 Å². The van der Waals surface area contributed by atoms with Crippen molar-refractivity contribution in [1.82, 2.24) is 10.4 Å². The van der Waals surface area contributed by atoms with Crippen molar-refractivity contribution in [2.75, 3.05) is 13.1 Å². The van der Waals surface area contributed by atoms with Gasteiger partial charge in [-0.2, -0.15) is 0 Å². The van der Waals surface area contributed by atoms with E-state index in [4.69, 9.17) is 4.74 Å². The molecule has 1 heterocycles. The SMILES string of the molecule is CC(OCc1ccccc1)C(=O)NN1CCCC1. The van der Waals surface area contributed by atoms with Gasteiger partial charge < -0.3 is 4.74 Å². The molecule has 4 nitrogen and oxygen atoms in total. The second kappa shape index (κ2) is 6.52. The van der Waals surface area contributed by atoms with E-state index in [-0.39, 0.29) is 5.91 Å². The lowest BCUT2D eigenvalue weighted by molar-refractivity contribution is -0.137. The number of ether oxygens (including phenoxy) is 1. The molecular weight excluding hydrogens is 228 g/mol. The minimum absolute atomic E-state index is 0.0622. The number of amides is 1. The predicted octanol–water partition coefficient (Wildman–Crippen LogP) is 1.72. The predicted molar refractivity (Wildman–Crippen MR) is 69.6 cm³/mol. The fourth-order valence-corrected chi connectivity index (χ4v) is 1.95.